The molecule has 2 aromatic rings. The summed E-state index contributed by atoms with van der Waals surface area (Å²) < 4.78 is 48.4. The molecule has 28 heavy (non-hydrogen) atoms. The van der Waals surface area contributed by atoms with E-state index in [4.69, 9.17) is 4.52 Å². The standard InChI is InChI=1S/C18H22F3N5O2/c1-22-18(23-11-14-15(19)3-2-4-16(14)28-17(20)21)26-8-6-25(7-9-26)12-13-5-10-27-24-13/h2-5,10,17H,6-9,11-12H2,1H3,(H,22,23). The summed E-state index contributed by atoms with van der Waals surface area (Å²) in [6.07, 6.45) is 1.55. The summed E-state index contributed by atoms with van der Waals surface area (Å²) in [6.45, 7) is 0.711. The maximum atomic E-state index is 14.1. The monoisotopic (exact) mass is 397 g/mol. The predicted molar refractivity (Wildman–Crippen MR) is 96.6 cm³/mol. The Kier molecular flexibility index (Phi) is 6.75. The number of hydrogen-bond acceptors (Lipinski definition) is 5. The van der Waals surface area contributed by atoms with Gasteiger partial charge in [0.1, 0.15) is 17.8 Å². The molecule has 0 radical (unpaired) electrons. The van der Waals surface area contributed by atoms with Gasteiger partial charge in [0.2, 0.25) is 0 Å². The zero-order valence-corrected chi connectivity index (χ0v) is 15.4. The minimum atomic E-state index is -3.02. The van der Waals surface area contributed by atoms with Crippen molar-refractivity contribution in [2.45, 2.75) is 19.7 Å². The van der Waals surface area contributed by atoms with Crippen LogP contribution >= 0.6 is 0 Å². The second kappa shape index (κ2) is 9.45. The molecule has 0 spiro atoms. The largest absolute Gasteiger partial charge is 0.434 e. The molecule has 0 bridgehead atoms. The van der Waals surface area contributed by atoms with E-state index < -0.39 is 12.4 Å². The van der Waals surface area contributed by atoms with Crippen molar-refractivity contribution in [3.63, 3.8) is 0 Å². The van der Waals surface area contributed by atoms with Gasteiger partial charge in [0.25, 0.3) is 0 Å². The molecule has 0 atom stereocenters. The third-order valence-corrected chi connectivity index (χ3v) is 4.48. The van der Waals surface area contributed by atoms with Gasteiger partial charge in [-0.1, -0.05) is 11.2 Å². The van der Waals surface area contributed by atoms with Crippen molar-refractivity contribution in [3.05, 3.63) is 47.6 Å². The molecule has 3 rings (SSSR count). The molecule has 0 saturated carbocycles. The van der Waals surface area contributed by atoms with Gasteiger partial charge in [-0.25, -0.2) is 4.39 Å². The van der Waals surface area contributed by atoms with Crippen molar-refractivity contribution in [1.82, 2.24) is 20.3 Å². The van der Waals surface area contributed by atoms with Crippen LogP contribution in [0.5, 0.6) is 5.75 Å². The van der Waals surface area contributed by atoms with Gasteiger partial charge in [-0.2, -0.15) is 8.78 Å². The Balaban J connectivity index is 1.56. The number of benzene rings is 1. The number of nitrogens with one attached hydrogen (secondary N) is 1. The number of guanidine groups is 1. The second-order valence-corrected chi connectivity index (χ2v) is 6.25. The van der Waals surface area contributed by atoms with Gasteiger partial charge in [0.15, 0.2) is 5.96 Å². The van der Waals surface area contributed by atoms with Crippen LogP contribution in [0.2, 0.25) is 0 Å². The molecule has 1 aliphatic rings. The Bertz CT molecular complexity index is 778. The van der Waals surface area contributed by atoms with E-state index >= 15 is 0 Å². The van der Waals surface area contributed by atoms with E-state index in [0.29, 0.717) is 12.5 Å². The molecule has 10 heteroatoms. The molecule has 2 heterocycles. The normalized spacial score (nSPS) is 15.9. The zero-order chi connectivity index (χ0) is 19.9. The molecule has 1 fully saturated rings. The first-order valence-electron chi connectivity index (χ1n) is 8.86. The quantitative estimate of drug-likeness (QED) is 0.596. The smallest absolute Gasteiger partial charge is 0.387 e. The first-order chi connectivity index (χ1) is 13.6. The van der Waals surface area contributed by atoms with E-state index in [2.05, 4.69) is 25.1 Å². The summed E-state index contributed by atoms with van der Waals surface area (Å²) in [5, 5.41) is 6.95. The van der Waals surface area contributed by atoms with Crippen LogP contribution in [0.25, 0.3) is 0 Å². The molecule has 0 amide bonds. The molecule has 1 aromatic carbocycles. The van der Waals surface area contributed by atoms with E-state index in [-0.39, 0.29) is 17.9 Å². The van der Waals surface area contributed by atoms with Crippen molar-refractivity contribution in [1.29, 1.82) is 0 Å². The van der Waals surface area contributed by atoms with Crippen LogP contribution < -0.4 is 10.1 Å². The van der Waals surface area contributed by atoms with Gasteiger partial charge < -0.3 is 19.5 Å². The number of nitrogens with zero attached hydrogens (tertiary/aromatic N) is 4. The summed E-state index contributed by atoms with van der Waals surface area (Å²) in [5.41, 5.74) is 0.913. The summed E-state index contributed by atoms with van der Waals surface area (Å²) in [4.78, 5) is 8.50. The third kappa shape index (κ3) is 5.16. The highest BCUT2D eigenvalue weighted by Gasteiger charge is 2.21. The zero-order valence-electron chi connectivity index (χ0n) is 15.4. The highest BCUT2D eigenvalue weighted by molar-refractivity contribution is 5.80. The molecule has 152 valence electrons. The maximum absolute atomic E-state index is 14.1. The van der Waals surface area contributed by atoms with Crippen LogP contribution in [0.3, 0.4) is 0 Å². The molecular formula is C18H22F3N5O2. The van der Waals surface area contributed by atoms with Gasteiger partial charge >= 0.3 is 6.61 Å². The fourth-order valence-corrected chi connectivity index (χ4v) is 3.08. The first-order valence-corrected chi connectivity index (χ1v) is 8.86. The number of hydrogen-bond donors (Lipinski definition) is 1. The van der Waals surface area contributed by atoms with Gasteiger partial charge in [-0.15, -0.1) is 0 Å². The molecule has 1 aliphatic heterocycles. The Labute approximate surface area is 160 Å². The van der Waals surface area contributed by atoms with Crippen molar-refractivity contribution in [3.8, 4) is 5.75 Å². The third-order valence-electron chi connectivity index (χ3n) is 4.48. The lowest BCUT2D eigenvalue weighted by atomic mass is 10.2. The topological polar surface area (TPSA) is 66.1 Å². The van der Waals surface area contributed by atoms with Crippen molar-refractivity contribution >= 4 is 5.96 Å². The summed E-state index contributed by atoms with van der Waals surface area (Å²) >= 11 is 0. The molecule has 1 saturated heterocycles. The number of aliphatic imine (C=N–C) groups is 1. The van der Waals surface area contributed by atoms with Gasteiger partial charge in [-0.05, 0) is 12.1 Å². The number of piperazine rings is 1. The van der Waals surface area contributed by atoms with Gasteiger partial charge in [0, 0.05) is 57.9 Å². The molecule has 0 aliphatic carbocycles. The number of ether oxygens (including phenoxy) is 1. The Morgan fingerprint density at radius 3 is 2.71 bits per heavy atom. The minimum absolute atomic E-state index is 0.0133. The highest BCUT2D eigenvalue weighted by Crippen LogP contribution is 2.23. The molecule has 7 nitrogen and oxygen atoms in total. The molecular weight excluding hydrogens is 375 g/mol. The van der Waals surface area contributed by atoms with E-state index in [0.717, 1.165) is 31.9 Å². The summed E-state index contributed by atoms with van der Waals surface area (Å²) in [6, 6.07) is 5.69. The summed E-state index contributed by atoms with van der Waals surface area (Å²) in [5.74, 6) is -0.221. The molecule has 0 unspecified atom stereocenters. The first kappa shape index (κ1) is 20.0. The predicted octanol–water partition coefficient (Wildman–Crippen LogP) is 2.31. The summed E-state index contributed by atoms with van der Waals surface area (Å²) in [7, 11) is 1.63. The fraction of sp³-hybridized carbons (Fsp3) is 0.444. The van der Waals surface area contributed by atoms with Gasteiger partial charge in [0.05, 0.1) is 5.69 Å². The lowest BCUT2D eigenvalue weighted by Gasteiger charge is -2.36. The molecule has 1 N–H and O–H groups in total. The van der Waals surface area contributed by atoms with Crippen LogP contribution in [-0.4, -0.2) is 60.8 Å². The lowest BCUT2D eigenvalue weighted by Crippen LogP contribution is -2.52. The number of alkyl halides is 2. The number of rotatable bonds is 6. The van der Waals surface area contributed by atoms with Crippen LogP contribution in [0.1, 0.15) is 11.3 Å². The van der Waals surface area contributed by atoms with Crippen molar-refractivity contribution in [2.24, 2.45) is 4.99 Å². The van der Waals surface area contributed by atoms with Crippen LogP contribution in [0.15, 0.2) is 40.0 Å². The Morgan fingerprint density at radius 2 is 2.07 bits per heavy atom. The highest BCUT2D eigenvalue weighted by atomic mass is 19.3. The average Bonchev–Trinajstić information content (AvgIpc) is 3.18. The van der Waals surface area contributed by atoms with Crippen LogP contribution in [0.4, 0.5) is 13.2 Å². The maximum Gasteiger partial charge on any atom is 0.387 e. The number of aromatic nitrogens is 1. The van der Waals surface area contributed by atoms with Crippen molar-refractivity contribution in [2.75, 3.05) is 33.2 Å². The fourth-order valence-electron chi connectivity index (χ4n) is 3.08. The number of halogens is 3. The Morgan fingerprint density at radius 1 is 1.29 bits per heavy atom. The van der Waals surface area contributed by atoms with E-state index in [1.54, 1.807) is 13.3 Å². The van der Waals surface area contributed by atoms with E-state index in [1.165, 1.54) is 18.2 Å². The van der Waals surface area contributed by atoms with Crippen LogP contribution in [-0.2, 0) is 13.1 Å². The van der Waals surface area contributed by atoms with Crippen molar-refractivity contribution < 1.29 is 22.4 Å². The van der Waals surface area contributed by atoms with Gasteiger partial charge in [-0.3, -0.25) is 9.89 Å². The molecule has 1 aromatic heterocycles. The van der Waals surface area contributed by atoms with Crippen LogP contribution in [0, 0.1) is 5.82 Å². The Hall–Kier alpha value is -2.75. The second-order valence-electron chi connectivity index (χ2n) is 6.25. The SMILES string of the molecule is CN=C(NCc1c(F)cccc1OC(F)F)N1CCN(Cc2ccon2)CC1. The van der Waals surface area contributed by atoms with E-state index in [9.17, 15) is 13.2 Å². The lowest BCUT2D eigenvalue weighted by molar-refractivity contribution is -0.0506. The minimum Gasteiger partial charge on any atom is -0.434 e. The van der Waals surface area contributed by atoms with E-state index in [1.807, 2.05) is 11.0 Å². The average molecular weight is 397 g/mol.